The van der Waals surface area contributed by atoms with E-state index in [0.29, 0.717) is 0 Å². The zero-order valence-corrected chi connectivity index (χ0v) is 11.6. The molecule has 2 unspecified atom stereocenters. The molecule has 4 nitrogen and oxygen atoms in total. The van der Waals surface area contributed by atoms with Gasteiger partial charge in [0.1, 0.15) is 5.75 Å². The van der Waals surface area contributed by atoms with Crippen molar-refractivity contribution in [2.24, 2.45) is 11.7 Å². The number of carbonyl (C=O) groups excluding carboxylic acids is 1. The van der Waals surface area contributed by atoms with Crippen LogP contribution >= 0.6 is 0 Å². The molecule has 2 rings (SSSR count). The summed E-state index contributed by atoms with van der Waals surface area (Å²) in [5.41, 5.74) is 6.58. The molecule has 104 valence electrons. The van der Waals surface area contributed by atoms with Crippen molar-refractivity contribution in [3.8, 4) is 5.75 Å². The van der Waals surface area contributed by atoms with Crippen molar-refractivity contribution in [2.45, 2.75) is 38.8 Å². The molecule has 2 atom stereocenters. The molecule has 1 aromatic rings. The van der Waals surface area contributed by atoms with Crippen LogP contribution in [0.2, 0.25) is 0 Å². The summed E-state index contributed by atoms with van der Waals surface area (Å²) in [6.07, 6.45) is 2.02. The lowest BCUT2D eigenvalue weighted by atomic mass is 9.86. The summed E-state index contributed by atoms with van der Waals surface area (Å²) < 4.78 is 5.62. The molecule has 0 spiro atoms. The normalized spacial score (nSPS) is 23.3. The maximum absolute atomic E-state index is 11.5. The van der Waals surface area contributed by atoms with E-state index < -0.39 is 0 Å². The van der Waals surface area contributed by atoms with Crippen molar-refractivity contribution < 1.29 is 9.53 Å². The van der Waals surface area contributed by atoms with Crippen molar-refractivity contribution >= 4 is 5.91 Å². The number of nitrogens with one attached hydrogen (secondary N) is 1. The highest BCUT2D eigenvalue weighted by Gasteiger charge is 2.30. The van der Waals surface area contributed by atoms with Gasteiger partial charge in [0.15, 0.2) is 0 Å². The van der Waals surface area contributed by atoms with E-state index >= 15 is 0 Å². The second-order valence-corrected chi connectivity index (χ2v) is 5.32. The van der Waals surface area contributed by atoms with Gasteiger partial charge < -0.3 is 15.8 Å². The second kappa shape index (κ2) is 6.06. The van der Waals surface area contributed by atoms with Crippen LogP contribution in [0.25, 0.3) is 0 Å². The first-order valence-electron chi connectivity index (χ1n) is 6.87. The molecular weight excluding hydrogens is 240 g/mol. The Morgan fingerprint density at radius 3 is 2.63 bits per heavy atom. The van der Waals surface area contributed by atoms with E-state index in [9.17, 15) is 4.79 Å². The lowest BCUT2D eigenvalue weighted by Crippen LogP contribution is -2.40. The summed E-state index contributed by atoms with van der Waals surface area (Å²) in [6, 6.07) is 7.94. The van der Waals surface area contributed by atoms with Gasteiger partial charge >= 0.3 is 0 Å². The van der Waals surface area contributed by atoms with Crippen molar-refractivity contribution in [1.82, 2.24) is 5.32 Å². The van der Waals surface area contributed by atoms with E-state index in [-0.39, 0.29) is 24.0 Å². The van der Waals surface area contributed by atoms with Gasteiger partial charge in [-0.25, -0.2) is 0 Å². The molecule has 3 N–H and O–H groups in total. The van der Waals surface area contributed by atoms with Gasteiger partial charge in [0.05, 0.1) is 12.0 Å². The largest absolute Gasteiger partial charge is 0.491 e. The highest BCUT2D eigenvalue weighted by Crippen LogP contribution is 2.30. The molecule has 4 heteroatoms. The van der Waals surface area contributed by atoms with E-state index in [0.717, 1.165) is 30.7 Å². The lowest BCUT2D eigenvalue weighted by molar-refractivity contribution is -0.123. The van der Waals surface area contributed by atoms with Crippen LogP contribution < -0.4 is 15.8 Å². The molecule has 1 aliphatic heterocycles. The van der Waals surface area contributed by atoms with Gasteiger partial charge in [-0.3, -0.25) is 4.79 Å². The summed E-state index contributed by atoms with van der Waals surface area (Å²) in [5, 5.41) is 3.39. The van der Waals surface area contributed by atoms with Crippen molar-refractivity contribution in [2.75, 3.05) is 6.54 Å². The highest BCUT2D eigenvalue weighted by molar-refractivity contribution is 5.77. The third-order valence-corrected chi connectivity index (χ3v) is 3.43. The fraction of sp³-hybridized carbons (Fsp3) is 0.533. The number of nitrogens with two attached hydrogens (primary N) is 1. The minimum atomic E-state index is -0.222. The Bertz CT molecular complexity index is 428. The molecule has 1 heterocycles. The smallest absolute Gasteiger partial charge is 0.222 e. The van der Waals surface area contributed by atoms with Crippen molar-refractivity contribution in [3.63, 3.8) is 0 Å². The van der Waals surface area contributed by atoms with Crippen LogP contribution in [0.4, 0.5) is 0 Å². The minimum absolute atomic E-state index is 0.0272. The molecule has 1 saturated heterocycles. The maximum atomic E-state index is 11.5. The van der Waals surface area contributed by atoms with Crippen LogP contribution in [0.3, 0.4) is 0 Å². The molecule has 0 saturated carbocycles. The average molecular weight is 262 g/mol. The zero-order chi connectivity index (χ0) is 13.8. The van der Waals surface area contributed by atoms with Gasteiger partial charge in [-0.05, 0) is 50.9 Å². The van der Waals surface area contributed by atoms with E-state index in [1.807, 2.05) is 38.1 Å². The molecule has 1 amide bonds. The molecule has 1 aliphatic rings. The quantitative estimate of drug-likeness (QED) is 0.872. The van der Waals surface area contributed by atoms with Crippen LogP contribution in [0.15, 0.2) is 24.3 Å². The molecule has 19 heavy (non-hydrogen) atoms. The number of ether oxygens (including phenoxy) is 1. The maximum Gasteiger partial charge on any atom is 0.222 e. The monoisotopic (exact) mass is 262 g/mol. The third-order valence-electron chi connectivity index (χ3n) is 3.43. The molecule has 0 aromatic heterocycles. The number of hydrogen-bond donors (Lipinski definition) is 2. The van der Waals surface area contributed by atoms with E-state index in [1.165, 1.54) is 0 Å². The first-order valence-corrected chi connectivity index (χ1v) is 6.87. The first kappa shape index (κ1) is 13.9. The molecule has 0 radical (unpaired) electrons. The fourth-order valence-corrected chi connectivity index (χ4v) is 2.57. The molecule has 0 aliphatic carbocycles. The SMILES string of the molecule is CC(C)Oc1ccc(C2NCCCC2C(N)=O)cc1. The topological polar surface area (TPSA) is 64.3 Å². The molecule has 0 bridgehead atoms. The number of carbonyl (C=O) groups is 1. The summed E-state index contributed by atoms with van der Waals surface area (Å²) in [4.78, 5) is 11.5. The lowest BCUT2D eigenvalue weighted by Gasteiger charge is -2.31. The van der Waals surface area contributed by atoms with E-state index in [1.54, 1.807) is 0 Å². The summed E-state index contributed by atoms with van der Waals surface area (Å²) in [5.74, 6) is 0.510. The Kier molecular flexibility index (Phi) is 4.43. The van der Waals surface area contributed by atoms with Crippen LogP contribution in [-0.2, 0) is 4.79 Å². The standard InChI is InChI=1S/C15H22N2O2/c1-10(2)19-12-7-5-11(6-8-12)14-13(15(16)18)4-3-9-17-14/h5-8,10,13-14,17H,3-4,9H2,1-2H3,(H2,16,18). The van der Waals surface area contributed by atoms with Gasteiger partial charge in [-0.2, -0.15) is 0 Å². The van der Waals surface area contributed by atoms with Gasteiger partial charge in [0, 0.05) is 6.04 Å². The van der Waals surface area contributed by atoms with Gasteiger partial charge in [0.2, 0.25) is 5.91 Å². The van der Waals surface area contributed by atoms with E-state index in [2.05, 4.69) is 5.32 Å². The van der Waals surface area contributed by atoms with Gasteiger partial charge in [0.25, 0.3) is 0 Å². The summed E-state index contributed by atoms with van der Waals surface area (Å²) in [7, 11) is 0. The summed E-state index contributed by atoms with van der Waals surface area (Å²) in [6.45, 7) is 4.93. The number of benzene rings is 1. The summed E-state index contributed by atoms with van der Waals surface area (Å²) >= 11 is 0. The highest BCUT2D eigenvalue weighted by atomic mass is 16.5. The first-order chi connectivity index (χ1) is 9.08. The van der Waals surface area contributed by atoms with Crippen LogP contribution in [-0.4, -0.2) is 18.6 Å². The Morgan fingerprint density at radius 2 is 2.05 bits per heavy atom. The Hall–Kier alpha value is -1.55. The third kappa shape index (κ3) is 3.47. The van der Waals surface area contributed by atoms with Gasteiger partial charge in [-0.15, -0.1) is 0 Å². The van der Waals surface area contributed by atoms with Crippen molar-refractivity contribution in [3.05, 3.63) is 29.8 Å². The molecular formula is C15H22N2O2. The molecule has 1 aromatic carbocycles. The fourth-order valence-electron chi connectivity index (χ4n) is 2.57. The van der Waals surface area contributed by atoms with Crippen LogP contribution in [0.1, 0.15) is 38.3 Å². The Labute approximate surface area is 114 Å². The predicted octanol–water partition coefficient (Wildman–Crippen LogP) is 2.00. The zero-order valence-electron chi connectivity index (χ0n) is 11.6. The number of piperidine rings is 1. The second-order valence-electron chi connectivity index (χ2n) is 5.32. The van der Waals surface area contributed by atoms with Crippen LogP contribution in [0.5, 0.6) is 5.75 Å². The Morgan fingerprint density at radius 1 is 1.37 bits per heavy atom. The molecule has 1 fully saturated rings. The van der Waals surface area contributed by atoms with Crippen LogP contribution in [0, 0.1) is 5.92 Å². The number of rotatable bonds is 4. The van der Waals surface area contributed by atoms with Crippen molar-refractivity contribution in [1.29, 1.82) is 0 Å². The Balaban J connectivity index is 2.13. The van der Waals surface area contributed by atoms with Gasteiger partial charge in [-0.1, -0.05) is 12.1 Å². The van der Waals surface area contributed by atoms with E-state index in [4.69, 9.17) is 10.5 Å². The number of amides is 1. The minimum Gasteiger partial charge on any atom is -0.491 e. The number of hydrogen-bond acceptors (Lipinski definition) is 3. The average Bonchev–Trinajstić information content (AvgIpc) is 2.39. The predicted molar refractivity (Wildman–Crippen MR) is 74.9 cm³/mol. The number of primary amides is 1.